The Labute approximate surface area is 143 Å². The summed E-state index contributed by atoms with van der Waals surface area (Å²) < 4.78 is 1.06. The molecule has 122 valence electrons. The molecule has 0 saturated carbocycles. The topological polar surface area (TPSA) is 62.3 Å². The van der Waals surface area contributed by atoms with Gasteiger partial charge in [0.05, 0.1) is 11.4 Å². The maximum absolute atomic E-state index is 12.5. The minimum atomic E-state index is -0.273. The lowest BCUT2D eigenvalue weighted by Gasteiger charge is -2.15. The van der Waals surface area contributed by atoms with Crippen molar-refractivity contribution in [2.24, 2.45) is 0 Å². The monoisotopic (exact) mass is 339 g/mol. The molecule has 24 heavy (non-hydrogen) atoms. The molecule has 1 aromatic carbocycles. The second kappa shape index (κ2) is 6.80. The average Bonchev–Trinajstić information content (AvgIpc) is 2.97. The fraction of sp³-hybridized carbons (Fsp3) is 0.167. The van der Waals surface area contributed by atoms with Crippen LogP contribution in [0.2, 0.25) is 0 Å². The molecular formula is C18H17N3O2S. The fourth-order valence-corrected chi connectivity index (χ4v) is 3.42. The van der Waals surface area contributed by atoms with Crippen molar-refractivity contribution in [3.05, 3.63) is 59.1 Å². The summed E-state index contributed by atoms with van der Waals surface area (Å²) in [6.07, 6.45) is 0. The lowest BCUT2D eigenvalue weighted by molar-refractivity contribution is -0.116. The molecule has 2 amide bonds. The maximum atomic E-state index is 12.5. The minimum absolute atomic E-state index is 0.0251. The number of pyridine rings is 1. The largest absolute Gasteiger partial charge is 0.332 e. The fourth-order valence-electron chi connectivity index (χ4n) is 2.36. The van der Waals surface area contributed by atoms with Crippen LogP contribution >= 0.6 is 11.3 Å². The number of anilines is 1. The Morgan fingerprint density at radius 2 is 1.96 bits per heavy atom. The highest BCUT2D eigenvalue weighted by atomic mass is 32.1. The number of fused-ring (bicyclic) bond motifs is 1. The van der Waals surface area contributed by atoms with Gasteiger partial charge >= 0.3 is 0 Å². The van der Waals surface area contributed by atoms with Crippen LogP contribution in [0, 0.1) is 6.92 Å². The van der Waals surface area contributed by atoms with Gasteiger partial charge in [0, 0.05) is 17.4 Å². The summed E-state index contributed by atoms with van der Waals surface area (Å²) in [5.41, 5.74) is 0.822. The molecule has 2 aromatic heterocycles. The molecule has 0 spiro atoms. The van der Waals surface area contributed by atoms with Crippen molar-refractivity contribution in [2.75, 3.05) is 18.9 Å². The number of likely N-dealkylation sites (N-methyl/N-ethyl adjacent to an activating group) is 1. The van der Waals surface area contributed by atoms with Crippen LogP contribution in [0.3, 0.4) is 0 Å². The van der Waals surface area contributed by atoms with E-state index in [4.69, 9.17) is 0 Å². The van der Waals surface area contributed by atoms with Gasteiger partial charge in [-0.1, -0.05) is 24.3 Å². The summed E-state index contributed by atoms with van der Waals surface area (Å²) in [6.45, 7) is 1.83. The molecule has 2 heterocycles. The normalized spacial score (nSPS) is 10.6. The van der Waals surface area contributed by atoms with Gasteiger partial charge in [0.25, 0.3) is 5.91 Å². The highest BCUT2D eigenvalue weighted by Gasteiger charge is 2.17. The second-order valence-electron chi connectivity index (χ2n) is 5.52. The first kappa shape index (κ1) is 16.1. The van der Waals surface area contributed by atoms with Gasteiger partial charge < -0.3 is 10.2 Å². The quantitative estimate of drug-likeness (QED) is 0.793. The molecule has 0 saturated heterocycles. The van der Waals surface area contributed by atoms with Crippen molar-refractivity contribution < 1.29 is 9.59 Å². The predicted molar refractivity (Wildman–Crippen MR) is 96.4 cm³/mol. The lowest BCUT2D eigenvalue weighted by Crippen LogP contribution is -2.34. The molecule has 0 radical (unpaired) electrons. The molecule has 0 aliphatic rings. The second-order valence-corrected chi connectivity index (χ2v) is 6.61. The van der Waals surface area contributed by atoms with Crippen molar-refractivity contribution in [2.45, 2.75) is 6.92 Å². The average molecular weight is 339 g/mol. The van der Waals surface area contributed by atoms with Crippen molar-refractivity contribution >= 4 is 39.1 Å². The van der Waals surface area contributed by atoms with Gasteiger partial charge in [-0.15, -0.1) is 11.3 Å². The summed E-state index contributed by atoms with van der Waals surface area (Å²) in [4.78, 5) is 30.9. The van der Waals surface area contributed by atoms with E-state index in [9.17, 15) is 9.59 Å². The van der Waals surface area contributed by atoms with Gasteiger partial charge in [0.2, 0.25) is 5.91 Å². The minimum Gasteiger partial charge on any atom is -0.332 e. The molecule has 5 nitrogen and oxygen atoms in total. The zero-order chi connectivity index (χ0) is 17.1. The number of hydrogen-bond acceptors (Lipinski definition) is 4. The number of carbonyl (C=O) groups excluding carboxylic acids is 2. The number of carbonyl (C=O) groups is 2. The summed E-state index contributed by atoms with van der Waals surface area (Å²) in [5.74, 6) is 0.0522. The van der Waals surface area contributed by atoms with E-state index >= 15 is 0 Å². The summed E-state index contributed by atoms with van der Waals surface area (Å²) in [6, 6.07) is 15.1. The number of amides is 2. The van der Waals surface area contributed by atoms with E-state index in [1.54, 1.807) is 13.1 Å². The van der Waals surface area contributed by atoms with E-state index < -0.39 is 0 Å². The third-order valence-corrected chi connectivity index (χ3v) is 4.62. The van der Waals surface area contributed by atoms with Crippen LogP contribution in [-0.4, -0.2) is 35.3 Å². The van der Waals surface area contributed by atoms with E-state index in [0.717, 1.165) is 15.8 Å². The van der Waals surface area contributed by atoms with Crippen LogP contribution in [0.4, 0.5) is 5.82 Å². The SMILES string of the molecule is Cc1cccc(NC(=O)CN(C)C(=O)c2cc3ccccc3s2)n1. The number of aromatic nitrogens is 1. The van der Waals surface area contributed by atoms with Crippen LogP contribution in [0.5, 0.6) is 0 Å². The van der Waals surface area contributed by atoms with E-state index in [-0.39, 0.29) is 18.4 Å². The Kier molecular flexibility index (Phi) is 4.57. The predicted octanol–water partition coefficient (Wildman–Crippen LogP) is 3.32. The molecular weight excluding hydrogens is 322 g/mol. The van der Waals surface area contributed by atoms with Crippen molar-refractivity contribution in [1.29, 1.82) is 0 Å². The molecule has 0 aliphatic heterocycles. The smallest absolute Gasteiger partial charge is 0.264 e. The highest BCUT2D eigenvalue weighted by Crippen LogP contribution is 2.26. The van der Waals surface area contributed by atoms with Gasteiger partial charge in [0.1, 0.15) is 5.82 Å². The number of nitrogens with one attached hydrogen (secondary N) is 1. The first-order valence-electron chi connectivity index (χ1n) is 7.50. The van der Waals surface area contributed by atoms with Crippen LogP contribution in [0.15, 0.2) is 48.5 Å². The summed E-state index contributed by atoms with van der Waals surface area (Å²) in [5, 5.41) is 3.74. The van der Waals surface area contributed by atoms with Crippen LogP contribution in [0.25, 0.3) is 10.1 Å². The number of thiophene rings is 1. The first-order valence-corrected chi connectivity index (χ1v) is 8.32. The number of aryl methyl sites for hydroxylation is 1. The van der Waals surface area contributed by atoms with E-state index in [2.05, 4.69) is 10.3 Å². The number of benzene rings is 1. The zero-order valence-corrected chi connectivity index (χ0v) is 14.3. The van der Waals surface area contributed by atoms with Crippen LogP contribution in [0.1, 0.15) is 15.4 Å². The maximum Gasteiger partial charge on any atom is 0.264 e. The van der Waals surface area contributed by atoms with Gasteiger partial charge in [-0.3, -0.25) is 9.59 Å². The van der Waals surface area contributed by atoms with Gasteiger partial charge in [0.15, 0.2) is 0 Å². The van der Waals surface area contributed by atoms with Crippen molar-refractivity contribution in [3.8, 4) is 0 Å². The van der Waals surface area contributed by atoms with Crippen molar-refractivity contribution in [1.82, 2.24) is 9.88 Å². The molecule has 1 N–H and O–H groups in total. The third kappa shape index (κ3) is 3.60. The van der Waals surface area contributed by atoms with Gasteiger partial charge in [-0.25, -0.2) is 4.98 Å². The van der Waals surface area contributed by atoms with Crippen molar-refractivity contribution in [3.63, 3.8) is 0 Å². The van der Waals surface area contributed by atoms with E-state index in [0.29, 0.717) is 10.7 Å². The Morgan fingerprint density at radius 3 is 2.71 bits per heavy atom. The zero-order valence-electron chi connectivity index (χ0n) is 13.4. The van der Waals surface area contributed by atoms with Crippen LogP contribution < -0.4 is 5.32 Å². The third-order valence-electron chi connectivity index (χ3n) is 3.52. The molecule has 3 rings (SSSR count). The Hall–Kier alpha value is -2.73. The number of nitrogens with zero attached hydrogens (tertiary/aromatic N) is 2. The molecule has 0 fully saturated rings. The van der Waals surface area contributed by atoms with E-state index in [1.807, 2.05) is 49.4 Å². The highest BCUT2D eigenvalue weighted by molar-refractivity contribution is 7.20. The van der Waals surface area contributed by atoms with Gasteiger partial charge in [-0.2, -0.15) is 0 Å². The van der Waals surface area contributed by atoms with E-state index in [1.165, 1.54) is 16.2 Å². The van der Waals surface area contributed by atoms with Gasteiger partial charge in [-0.05, 0) is 36.6 Å². The Morgan fingerprint density at radius 1 is 1.17 bits per heavy atom. The molecule has 0 aliphatic carbocycles. The molecule has 6 heteroatoms. The molecule has 0 atom stereocenters. The molecule has 3 aromatic rings. The Balaban J connectivity index is 1.66. The number of hydrogen-bond donors (Lipinski definition) is 1. The molecule has 0 bridgehead atoms. The standard InChI is InChI=1S/C18H17N3O2S/c1-12-6-5-9-16(19-12)20-17(22)11-21(2)18(23)15-10-13-7-3-4-8-14(13)24-15/h3-10H,11H2,1-2H3,(H,19,20,22). The van der Waals surface area contributed by atoms with Crippen LogP contribution in [-0.2, 0) is 4.79 Å². The summed E-state index contributed by atoms with van der Waals surface area (Å²) >= 11 is 1.43. The Bertz CT molecular complexity index is 871. The lowest BCUT2D eigenvalue weighted by atomic mass is 10.2. The first-order chi connectivity index (χ1) is 11.5. The summed E-state index contributed by atoms with van der Waals surface area (Å²) in [7, 11) is 1.62. The molecule has 0 unspecified atom stereocenters. The number of rotatable bonds is 4.